The monoisotopic (exact) mass is 212 g/mol. The van der Waals surface area contributed by atoms with E-state index in [1.807, 2.05) is 24.3 Å². The van der Waals surface area contributed by atoms with Crippen LogP contribution in [-0.4, -0.2) is 14.5 Å². The first kappa shape index (κ1) is 8.84. The maximum atomic E-state index is 11.2. The summed E-state index contributed by atoms with van der Waals surface area (Å²) in [4.78, 5) is 8.37. The zero-order valence-corrected chi connectivity index (χ0v) is 8.32. The highest BCUT2D eigenvalue weighted by molar-refractivity contribution is 5.76. The SMILES string of the molecule is [O-][n+]1ccnc(-n2cnc3ccccc32)c1. The molecule has 0 N–H and O–H groups in total. The highest BCUT2D eigenvalue weighted by Crippen LogP contribution is 2.14. The van der Waals surface area contributed by atoms with Crippen molar-refractivity contribution < 1.29 is 4.73 Å². The second kappa shape index (κ2) is 3.30. The Kier molecular flexibility index (Phi) is 1.83. The predicted molar refractivity (Wildman–Crippen MR) is 57.8 cm³/mol. The van der Waals surface area contributed by atoms with Crippen LogP contribution in [0.5, 0.6) is 0 Å². The molecule has 0 unspecified atom stereocenters. The summed E-state index contributed by atoms with van der Waals surface area (Å²) < 4.78 is 2.50. The summed E-state index contributed by atoms with van der Waals surface area (Å²) in [6.45, 7) is 0. The topological polar surface area (TPSA) is 57.6 Å². The summed E-state index contributed by atoms with van der Waals surface area (Å²) in [5.74, 6) is 0.561. The second-order valence-electron chi connectivity index (χ2n) is 3.38. The third kappa shape index (κ3) is 1.30. The molecule has 0 aliphatic rings. The van der Waals surface area contributed by atoms with Gasteiger partial charge in [0.2, 0.25) is 12.0 Å². The predicted octanol–water partition coefficient (Wildman–Crippen LogP) is 1.05. The summed E-state index contributed by atoms with van der Waals surface area (Å²) in [6, 6.07) is 7.70. The summed E-state index contributed by atoms with van der Waals surface area (Å²) >= 11 is 0. The van der Waals surface area contributed by atoms with Crippen LogP contribution in [0.1, 0.15) is 0 Å². The van der Waals surface area contributed by atoms with Crippen LogP contribution in [0.4, 0.5) is 0 Å². The van der Waals surface area contributed by atoms with Crippen molar-refractivity contribution in [1.82, 2.24) is 14.5 Å². The van der Waals surface area contributed by atoms with Crippen LogP contribution in [0.3, 0.4) is 0 Å². The normalized spacial score (nSPS) is 10.8. The molecule has 0 aliphatic heterocycles. The van der Waals surface area contributed by atoms with Gasteiger partial charge in [-0.3, -0.25) is 4.57 Å². The Morgan fingerprint density at radius 2 is 2.06 bits per heavy atom. The van der Waals surface area contributed by atoms with Crippen LogP contribution in [0.25, 0.3) is 16.9 Å². The van der Waals surface area contributed by atoms with Gasteiger partial charge in [0.15, 0.2) is 6.20 Å². The summed E-state index contributed by atoms with van der Waals surface area (Å²) in [7, 11) is 0. The first-order valence-electron chi connectivity index (χ1n) is 4.82. The van der Waals surface area contributed by atoms with Crippen molar-refractivity contribution in [2.75, 3.05) is 0 Å². The van der Waals surface area contributed by atoms with Crippen molar-refractivity contribution in [1.29, 1.82) is 0 Å². The minimum absolute atomic E-state index is 0.561. The van der Waals surface area contributed by atoms with Gasteiger partial charge in [0.05, 0.1) is 17.2 Å². The molecule has 0 saturated heterocycles. The van der Waals surface area contributed by atoms with E-state index in [1.165, 1.54) is 18.6 Å². The maximum Gasteiger partial charge on any atom is 0.223 e. The molecule has 1 aromatic carbocycles. The van der Waals surface area contributed by atoms with E-state index in [1.54, 1.807) is 10.9 Å². The van der Waals surface area contributed by atoms with Crippen LogP contribution >= 0.6 is 0 Å². The van der Waals surface area contributed by atoms with Crippen LogP contribution in [-0.2, 0) is 0 Å². The number of hydrogen-bond acceptors (Lipinski definition) is 3. The maximum absolute atomic E-state index is 11.2. The van der Waals surface area contributed by atoms with E-state index in [2.05, 4.69) is 9.97 Å². The molecule has 0 aliphatic carbocycles. The van der Waals surface area contributed by atoms with Gasteiger partial charge in [-0.15, -0.1) is 0 Å². The van der Waals surface area contributed by atoms with E-state index in [4.69, 9.17) is 0 Å². The fourth-order valence-electron chi connectivity index (χ4n) is 1.63. The second-order valence-corrected chi connectivity index (χ2v) is 3.38. The minimum Gasteiger partial charge on any atom is -0.619 e. The molecular formula is C11H8N4O. The minimum atomic E-state index is 0.561. The van der Waals surface area contributed by atoms with Gasteiger partial charge >= 0.3 is 0 Å². The molecule has 0 radical (unpaired) electrons. The van der Waals surface area contributed by atoms with Gasteiger partial charge in [-0.05, 0) is 12.1 Å². The summed E-state index contributed by atoms with van der Waals surface area (Å²) in [6.07, 6.45) is 5.89. The van der Waals surface area contributed by atoms with Gasteiger partial charge in [-0.1, -0.05) is 12.1 Å². The van der Waals surface area contributed by atoms with Gasteiger partial charge < -0.3 is 5.21 Å². The Morgan fingerprint density at radius 1 is 1.19 bits per heavy atom. The lowest BCUT2D eigenvalue weighted by Gasteiger charge is -2.01. The number of benzene rings is 1. The Morgan fingerprint density at radius 3 is 2.94 bits per heavy atom. The number of nitrogens with zero attached hydrogens (tertiary/aromatic N) is 4. The van der Waals surface area contributed by atoms with E-state index >= 15 is 0 Å². The molecule has 3 rings (SSSR count). The summed E-state index contributed by atoms with van der Waals surface area (Å²) in [5, 5.41) is 11.2. The fourth-order valence-corrected chi connectivity index (χ4v) is 1.63. The largest absolute Gasteiger partial charge is 0.619 e. The Labute approximate surface area is 91.2 Å². The average Bonchev–Trinajstić information content (AvgIpc) is 2.72. The third-order valence-electron chi connectivity index (χ3n) is 2.36. The van der Waals surface area contributed by atoms with Gasteiger partial charge in [0, 0.05) is 0 Å². The molecule has 16 heavy (non-hydrogen) atoms. The zero-order chi connectivity index (χ0) is 11.0. The number of fused-ring (bicyclic) bond motifs is 1. The van der Waals surface area contributed by atoms with E-state index in [-0.39, 0.29) is 0 Å². The Balaban J connectivity index is 2.26. The molecule has 78 valence electrons. The van der Waals surface area contributed by atoms with Crippen molar-refractivity contribution in [2.45, 2.75) is 0 Å². The molecule has 0 spiro atoms. The molecule has 2 heterocycles. The van der Waals surface area contributed by atoms with Crippen LogP contribution < -0.4 is 4.73 Å². The lowest BCUT2D eigenvalue weighted by molar-refractivity contribution is -0.605. The number of imidazole rings is 1. The highest BCUT2D eigenvalue weighted by Gasteiger charge is 2.06. The molecule has 5 nitrogen and oxygen atoms in total. The smallest absolute Gasteiger partial charge is 0.223 e. The number of aromatic nitrogens is 4. The third-order valence-corrected chi connectivity index (χ3v) is 2.36. The number of rotatable bonds is 1. The molecule has 0 fully saturated rings. The number of para-hydroxylation sites is 2. The first-order valence-corrected chi connectivity index (χ1v) is 4.82. The van der Waals surface area contributed by atoms with E-state index in [9.17, 15) is 5.21 Å². The van der Waals surface area contributed by atoms with E-state index < -0.39 is 0 Å². The van der Waals surface area contributed by atoms with Crippen molar-refractivity contribution in [3.63, 3.8) is 0 Å². The van der Waals surface area contributed by atoms with Crippen molar-refractivity contribution in [3.8, 4) is 5.82 Å². The average molecular weight is 212 g/mol. The fraction of sp³-hybridized carbons (Fsp3) is 0. The zero-order valence-electron chi connectivity index (χ0n) is 8.32. The lowest BCUT2D eigenvalue weighted by Crippen LogP contribution is -2.25. The van der Waals surface area contributed by atoms with Gasteiger partial charge in [-0.2, -0.15) is 4.73 Å². The molecular weight excluding hydrogens is 204 g/mol. The Bertz CT molecular complexity index is 647. The van der Waals surface area contributed by atoms with Crippen molar-refractivity contribution in [3.05, 3.63) is 54.4 Å². The summed E-state index contributed by atoms with van der Waals surface area (Å²) in [5.41, 5.74) is 1.81. The van der Waals surface area contributed by atoms with Crippen LogP contribution in [0.2, 0.25) is 0 Å². The highest BCUT2D eigenvalue weighted by atomic mass is 16.5. The van der Waals surface area contributed by atoms with Gasteiger partial charge in [-0.25, -0.2) is 9.97 Å². The van der Waals surface area contributed by atoms with Crippen molar-refractivity contribution in [2.24, 2.45) is 0 Å². The lowest BCUT2D eigenvalue weighted by atomic mass is 10.3. The molecule has 0 amide bonds. The standard InChI is InChI=1S/C11H8N4O/c16-14-6-5-12-11(7-14)15-8-13-9-3-1-2-4-10(9)15/h1-8H. The van der Waals surface area contributed by atoms with Crippen LogP contribution in [0.15, 0.2) is 49.2 Å². The van der Waals surface area contributed by atoms with Gasteiger partial charge in [0.25, 0.3) is 0 Å². The molecule has 3 aromatic rings. The van der Waals surface area contributed by atoms with E-state index in [0.717, 1.165) is 15.8 Å². The first-order chi connectivity index (χ1) is 7.84. The molecule has 0 atom stereocenters. The molecule has 0 bridgehead atoms. The Hall–Kier alpha value is -2.43. The van der Waals surface area contributed by atoms with Gasteiger partial charge in [0.1, 0.15) is 6.33 Å². The number of hydrogen-bond donors (Lipinski definition) is 0. The van der Waals surface area contributed by atoms with Crippen LogP contribution in [0, 0.1) is 5.21 Å². The van der Waals surface area contributed by atoms with Crippen molar-refractivity contribution >= 4 is 11.0 Å². The quantitative estimate of drug-likeness (QED) is 0.447. The van der Waals surface area contributed by atoms with E-state index in [0.29, 0.717) is 5.82 Å². The molecule has 2 aromatic heterocycles. The molecule has 5 heteroatoms. The molecule has 0 saturated carbocycles.